The van der Waals surface area contributed by atoms with Gasteiger partial charge in [-0.2, -0.15) is 0 Å². The summed E-state index contributed by atoms with van der Waals surface area (Å²) in [4.78, 5) is 11.7. The zero-order valence-corrected chi connectivity index (χ0v) is 16.9. The molecule has 0 aromatic carbocycles. The van der Waals surface area contributed by atoms with Crippen molar-refractivity contribution < 1.29 is 19.7 Å². The van der Waals surface area contributed by atoms with Crippen molar-refractivity contribution in [3.63, 3.8) is 0 Å². The monoisotopic (exact) mass is 362 g/mol. The predicted octanol–water partition coefficient (Wildman–Crippen LogP) is 3.91. The number of carbonyl (C=O) groups is 1. The molecule has 5 atom stereocenters. The Hall–Kier alpha value is -1.13. The lowest BCUT2D eigenvalue weighted by molar-refractivity contribution is -0.179. The van der Waals surface area contributed by atoms with Crippen LogP contribution in [-0.4, -0.2) is 33.5 Å². The van der Waals surface area contributed by atoms with Gasteiger partial charge in [-0.3, -0.25) is 4.79 Å². The van der Waals surface area contributed by atoms with Gasteiger partial charge < -0.3 is 14.9 Å². The highest BCUT2D eigenvalue weighted by atomic mass is 16.5. The van der Waals surface area contributed by atoms with E-state index in [0.717, 1.165) is 24.0 Å². The van der Waals surface area contributed by atoms with E-state index in [9.17, 15) is 15.0 Å². The quantitative estimate of drug-likeness (QED) is 0.577. The molecule has 2 N–H and O–H groups in total. The van der Waals surface area contributed by atoms with Crippen LogP contribution in [0.3, 0.4) is 0 Å². The lowest BCUT2D eigenvalue weighted by Crippen LogP contribution is -2.59. The fourth-order valence-corrected chi connectivity index (χ4v) is 5.86. The van der Waals surface area contributed by atoms with Crippen LogP contribution in [0.15, 0.2) is 23.8 Å². The number of fused-ring (bicyclic) bond motifs is 2. The van der Waals surface area contributed by atoms with Crippen LogP contribution in [0.5, 0.6) is 0 Å². The topological polar surface area (TPSA) is 66.8 Å². The third-order valence-electron chi connectivity index (χ3n) is 7.76. The van der Waals surface area contributed by atoms with Gasteiger partial charge in [-0.1, -0.05) is 40.3 Å². The van der Waals surface area contributed by atoms with Crippen LogP contribution in [0.2, 0.25) is 0 Å². The number of rotatable bonds is 2. The summed E-state index contributed by atoms with van der Waals surface area (Å²) in [6.45, 7) is 13.9. The summed E-state index contributed by atoms with van der Waals surface area (Å²) in [5, 5.41) is 23.3. The second kappa shape index (κ2) is 5.93. The second-order valence-electron chi connectivity index (χ2n) is 9.66. The van der Waals surface area contributed by atoms with Gasteiger partial charge >= 0.3 is 5.97 Å². The van der Waals surface area contributed by atoms with E-state index in [1.54, 1.807) is 0 Å². The molecule has 0 aromatic heterocycles. The molecule has 0 radical (unpaired) electrons. The molecule has 0 amide bonds. The summed E-state index contributed by atoms with van der Waals surface area (Å²) < 4.78 is 5.66. The van der Waals surface area contributed by atoms with Crippen LogP contribution < -0.4 is 0 Å². The minimum absolute atomic E-state index is 0.116. The van der Waals surface area contributed by atoms with Gasteiger partial charge in [-0.25, -0.2) is 0 Å². The molecule has 0 bridgehead atoms. The molecule has 0 spiro atoms. The first-order valence-electron chi connectivity index (χ1n) is 9.90. The van der Waals surface area contributed by atoms with Crippen LogP contribution in [0.25, 0.3) is 0 Å². The van der Waals surface area contributed by atoms with Crippen molar-refractivity contribution in [2.75, 3.05) is 0 Å². The molecule has 2 saturated carbocycles. The van der Waals surface area contributed by atoms with E-state index in [0.29, 0.717) is 25.7 Å². The van der Waals surface area contributed by atoms with Crippen molar-refractivity contribution in [2.24, 2.45) is 16.7 Å². The third kappa shape index (κ3) is 2.52. The zero-order chi connectivity index (χ0) is 19.5. The van der Waals surface area contributed by atoms with Crippen molar-refractivity contribution in [1.82, 2.24) is 0 Å². The van der Waals surface area contributed by atoms with Crippen LogP contribution in [0.4, 0.5) is 0 Å². The molecule has 0 unspecified atom stereocenters. The van der Waals surface area contributed by atoms with E-state index in [2.05, 4.69) is 33.4 Å². The first-order valence-corrected chi connectivity index (χ1v) is 9.90. The van der Waals surface area contributed by atoms with Crippen LogP contribution >= 0.6 is 0 Å². The Morgan fingerprint density at radius 1 is 1.31 bits per heavy atom. The van der Waals surface area contributed by atoms with Gasteiger partial charge in [0.25, 0.3) is 0 Å². The number of hydrogen-bond acceptors (Lipinski definition) is 4. The SMILES string of the molecule is C=C1CC[C@H](OC(C)=O)[C@]2(C)CC=C3[C@@](C)(CC[C@@]3(O)C(C)C)C[C@@]12O. The summed E-state index contributed by atoms with van der Waals surface area (Å²) in [6, 6.07) is 0. The standard InChI is InChI=1S/C22H34O4/c1-14(2)21(24)12-11-19(5)13-22(25)15(3)7-8-18(26-16(4)23)20(22,6)10-9-17(19)21/h9,14,18,24-25H,3,7-8,10-13H2,1-2,4-6H3/t18-,19-,20-,21+,22+/m0/s1. The summed E-state index contributed by atoms with van der Waals surface area (Å²) in [5.41, 5.74) is -0.954. The van der Waals surface area contributed by atoms with Crippen molar-refractivity contribution >= 4 is 5.97 Å². The van der Waals surface area contributed by atoms with Crippen molar-refractivity contribution in [3.8, 4) is 0 Å². The van der Waals surface area contributed by atoms with Gasteiger partial charge in [0.05, 0.1) is 11.2 Å². The van der Waals surface area contributed by atoms with Gasteiger partial charge in [-0.05, 0) is 61.0 Å². The zero-order valence-electron chi connectivity index (χ0n) is 16.9. The second-order valence-corrected chi connectivity index (χ2v) is 9.66. The molecule has 0 heterocycles. The van der Waals surface area contributed by atoms with E-state index >= 15 is 0 Å². The van der Waals surface area contributed by atoms with Gasteiger partial charge in [0.2, 0.25) is 0 Å². The lowest BCUT2D eigenvalue weighted by atomic mass is 9.56. The highest BCUT2D eigenvalue weighted by Crippen LogP contribution is 2.63. The predicted molar refractivity (Wildman–Crippen MR) is 101 cm³/mol. The van der Waals surface area contributed by atoms with Crippen molar-refractivity contribution in [3.05, 3.63) is 23.8 Å². The summed E-state index contributed by atoms with van der Waals surface area (Å²) in [5.74, 6) is -0.196. The molecule has 0 saturated heterocycles. The molecule has 4 heteroatoms. The Labute approximate surface area is 157 Å². The number of ether oxygens (including phenoxy) is 1. The van der Waals surface area contributed by atoms with Gasteiger partial charge in [-0.15, -0.1) is 0 Å². The van der Waals surface area contributed by atoms with E-state index < -0.39 is 16.6 Å². The fourth-order valence-electron chi connectivity index (χ4n) is 5.86. The Kier molecular flexibility index (Phi) is 4.48. The molecular formula is C22H34O4. The smallest absolute Gasteiger partial charge is 0.302 e. The molecule has 2 fully saturated rings. The molecule has 3 aliphatic rings. The summed E-state index contributed by atoms with van der Waals surface area (Å²) in [7, 11) is 0. The maximum Gasteiger partial charge on any atom is 0.302 e. The first-order chi connectivity index (χ1) is 11.9. The Balaban J connectivity index is 2.11. The number of aliphatic hydroxyl groups is 2. The molecule has 0 aromatic rings. The minimum Gasteiger partial charge on any atom is -0.462 e. The molecule has 3 aliphatic carbocycles. The van der Waals surface area contributed by atoms with Crippen molar-refractivity contribution in [1.29, 1.82) is 0 Å². The van der Waals surface area contributed by atoms with E-state index in [1.165, 1.54) is 6.92 Å². The van der Waals surface area contributed by atoms with E-state index in [-0.39, 0.29) is 23.4 Å². The van der Waals surface area contributed by atoms with Gasteiger partial charge in [0.1, 0.15) is 6.10 Å². The minimum atomic E-state index is -1.11. The lowest BCUT2D eigenvalue weighted by Gasteiger charge is -2.54. The molecule has 3 rings (SSSR count). The Morgan fingerprint density at radius 3 is 2.54 bits per heavy atom. The molecule has 4 nitrogen and oxygen atoms in total. The summed E-state index contributed by atoms with van der Waals surface area (Å²) in [6.07, 6.45) is 5.79. The summed E-state index contributed by atoms with van der Waals surface area (Å²) >= 11 is 0. The highest BCUT2D eigenvalue weighted by Gasteiger charge is 2.63. The number of carbonyl (C=O) groups excluding carboxylic acids is 1. The number of allylic oxidation sites excluding steroid dienone is 1. The van der Waals surface area contributed by atoms with Crippen LogP contribution in [-0.2, 0) is 9.53 Å². The highest BCUT2D eigenvalue weighted by molar-refractivity contribution is 5.66. The number of hydrogen-bond donors (Lipinski definition) is 2. The largest absolute Gasteiger partial charge is 0.462 e. The fraction of sp³-hybridized carbons (Fsp3) is 0.773. The average molecular weight is 363 g/mol. The third-order valence-corrected chi connectivity index (χ3v) is 7.76. The van der Waals surface area contributed by atoms with Gasteiger partial charge in [0, 0.05) is 12.3 Å². The van der Waals surface area contributed by atoms with Crippen LogP contribution in [0, 0.1) is 16.7 Å². The molecular weight excluding hydrogens is 328 g/mol. The van der Waals surface area contributed by atoms with E-state index in [1.807, 2.05) is 6.92 Å². The van der Waals surface area contributed by atoms with Crippen molar-refractivity contribution in [2.45, 2.75) is 90.4 Å². The molecule has 0 aliphatic heterocycles. The molecule has 146 valence electrons. The van der Waals surface area contributed by atoms with Gasteiger partial charge in [0.15, 0.2) is 0 Å². The molecule has 26 heavy (non-hydrogen) atoms. The maximum absolute atomic E-state index is 11.9. The normalized spacial score (nSPS) is 45.6. The average Bonchev–Trinajstić information content (AvgIpc) is 2.73. The Bertz CT molecular complexity index is 665. The first kappa shape index (κ1) is 19.6. The number of esters is 1. The van der Waals surface area contributed by atoms with E-state index in [4.69, 9.17) is 4.74 Å². The maximum atomic E-state index is 11.9. The van der Waals surface area contributed by atoms with Crippen LogP contribution in [0.1, 0.15) is 73.1 Å². The Morgan fingerprint density at radius 2 is 1.96 bits per heavy atom.